The quantitative estimate of drug-likeness (QED) is 0.583. The summed E-state index contributed by atoms with van der Waals surface area (Å²) in [7, 11) is 2.87. The van der Waals surface area contributed by atoms with Gasteiger partial charge in [0.2, 0.25) is 0 Å². The van der Waals surface area contributed by atoms with Crippen LogP contribution in [0.3, 0.4) is 0 Å². The molecule has 1 atom stereocenters. The van der Waals surface area contributed by atoms with Crippen molar-refractivity contribution >= 4 is 23.1 Å². The van der Waals surface area contributed by atoms with Gasteiger partial charge in [0.05, 0.1) is 14.2 Å². The maximum Gasteiger partial charge on any atom is 0.316 e. The van der Waals surface area contributed by atoms with Crippen LogP contribution in [0.15, 0.2) is 6.07 Å². The second-order valence-corrected chi connectivity index (χ2v) is 4.68. The molecule has 0 saturated carbocycles. The van der Waals surface area contributed by atoms with Crippen molar-refractivity contribution < 1.29 is 19.1 Å². The van der Waals surface area contributed by atoms with Gasteiger partial charge in [-0.3, -0.25) is 9.59 Å². The molecule has 1 unspecified atom stereocenters. The van der Waals surface area contributed by atoms with E-state index in [-0.39, 0.29) is 5.78 Å². The number of Topliss-reactive ketones (excluding diaryl/α,β-unsaturated/α-hetero) is 1. The fraction of sp³-hybridized carbons (Fsp3) is 0.455. The lowest BCUT2D eigenvalue weighted by atomic mass is 9.87. The van der Waals surface area contributed by atoms with Crippen LogP contribution in [0.25, 0.3) is 0 Å². The van der Waals surface area contributed by atoms with Gasteiger partial charge < -0.3 is 9.47 Å². The molecular weight excluding hydrogens is 228 g/mol. The molecule has 0 aromatic carbocycles. The summed E-state index contributed by atoms with van der Waals surface area (Å²) in [6.45, 7) is 0. The van der Waals surface area contributed by atoms with E-state index in [0.29, 0.717) is 17.0 Å². The van der Waals surface area contributed by atoms with E-state index in [1.54, 1.807) is 13.2 Å². The van der Waals surface area contributed by atoms with Crippen LogP contribution < -0.4 is 4.74 Å². The van der Waals surface area contributed by atoms with Crippen LogP contribution in [-0.4, -0.2) is 26.0 Å². The Morgan fingerprint density at radius 3 is 2.88 bits per heavy atom. The molecule has 0 aliphatic heterocycles. The highest BCUT2D eigenvalue weighted by Gasteiger charge is 2.35. The van der Waals surface area contributed by atoms with E-state index in [2.05, 4.69) is 4.74 Å². The molecule has 0 N–H and O–H groups in total. The Balaban J connectivity index is 2.31. The number of aryl methyl sites for hydroxylation is 1. The van der Waals surface area contributed by atoms with E-state index < -0.39 is 11.9 Å². The normalized spacial score (nSPS) is 19.1. The van der Waals surface area contributed by atoms with Gasteiger partial charge in [0.15, 0.2) is 10.8 Å². The predicted octanol–water partition coefficient (Wildman–Crippen LogP) is 1.67. The number of hydrogen-bond donors (Lipinski definition) is 0. The van der Waals surface area contributed by atoms with Crippen LogP contribution >= 0.6 is 11.3 Å². The van der Waals surface area contributed by atoms with E-state index in [9.17, 15) is 9.59 Å². The number of rotatable bonds is 2. The summed E-state index contributed by atoms with van der Waals surface area (Å²) in [5, 5.41) is 0.712. The number of fused-ring (bicyclic) bond motifs is 1. The number of ether oxygens (including phenoxy) is 2. The van der Waals surface area contributed by atoms with Crippen molar-refractivity contribution in [3.05, 3.63) is 16.5 Å². The van der Waals surface area contributed by atoms with E-state index in [4.69, 9.17) is 4.74 Å². The number of esters is 1. The number of carbonyl (C=O) groups excluding carboxylic acids is 2. The zero-order chi connectivity index (χ0) is 11.7. The van der Waals surface area contributed by atoms with Crippen LogP contribution in [0.5, 0.6) is 5.06 Å². The number of thiophene rings is 1. The minimum atomic E-state index is -0.642. The summed E-state index contributed by atoms with van der Waals surface area (Å²) >= 11 is 1.47. The maximum absolute atomic E-state index is 12.0. The van der Waals surface area contributed by atoms with Gasteiger partial charge in [-0.15, -0.1) is 11.3 Å². The Morgan fingerprint density at radius 2 is 2.25 bits per heavy atom. The topological polar surface area (TPSA) is 52.6 Å². The highest BCUT2D eigenvalue weighted by atomic mass is 32.1. The van der Waals surface area contributed by atoms with Crippen molar-refractivity contribution in [1.82, 2.24) is 0 Å². The Labute approximate surface area is 97.2 Å². The van der Waals surface area contributed by atoms with Gasteiger partial charge in [-0.1, -0.05) is 0 Å². The largest absolute Gasteiger partial charge is 0.487 e. The molecule has 16 heavy (non-hydrogen) atoms. The van der Waals surface area contributed by atoms with Crippen molar-refractivity contribution in [3.63, 3.8) is 0 Å². The molecule has 1 aliphatic carbocycles. The molecule has 0 fully saturated rings. The second kappa shape index (κ2) is 4.25. The molecule has 86 valence electrons. The molecule has 0 radical (unpaired) electrons. The van der Waals surface area contributed by atoms with Crippen molar-refractivity contribution in [3.8, 4) is 5.06 Å². The van der Waals surface area contributed by atoms with Gasteiger partial charge in [0.25, 0.3) is 0 Å². The third-order valence-corrected chi connectivity index (χ3v) is 3.87. The molecule has 1 aromatic heterocycles. The van der Waals surface area contributed by atoms with Crippen molar-refractivity contribution in [2.75, 3.05) is 14.2 Å². The Morgan fingerprint density at radius 1 is 1.50 bits per heavy atom. The number of hydrogen-bond acceptors (Lipinski definition) is 5. The second-order valence-electron chi connectivity index (χ2n) is 3.59. The highest BCUT2D eigenvalue weighted by Crippen LogP contribution is 2.36. The van der Waals surface area contributed by atoms with Gasteiger partial charge in [0, 0.05) is 16.5 Å². The minimum Gasteiger partial charge on any atom is -0.487 e. The average Bonchev–Trinajstić information content (AvgIpc) is 2.72. The predicted molar refractivity (Wildman–Crippen MR) is 59.0 cm³/mol. The first kappa shape index (κ1) is 11.1. The SMILES string of the molecule is COC(=O)C1CCc2sc(OC)cc2C1=O. The third kappa shape index (κ3) is 1.71. The zero-order valence-corrected chi connectivity index (χ0v) is 9.93. The smallest absolute Gasteiger partial charge is 0.316 e. The monoisotopic (exact) mass is 240 g/mol. The van der Waals surface area contributed by atoms with Gasteiger partial charge in [-0.25, -0.2) is 0 Å². The van der Waals surface area contributed by atoms with E-state index >= 15 is 0 Å². The Hall–Kier alpha value is -1.36. The van der Waals surface area contributed by atoms with Crippen molar-refractivity contribution in [2.24, 2.45) is 5.92 Å². The lowest BCUT2D eigenvalue weighted by Crippen LogP contribution is -2.29. The van der Waals surface area contributed by atoms with Crippen LogP contribution in [0.1, 0.15) is 21.7 Å². The molecule has 1 aliphatic rings. The first-order valence-electron chi connectivity index (χ1n) is 4.96. The van der Waals surface area contributed by atoms with Gasteiger partial charge in [-0.05, 0) is 12.8 Å². The van der Waals surface area contributed by atoms with Crippen molar-refractivity contribution in [1.29, 1.82) is 0 Å². The first-order chi connectivity index (χ1) is 7.67. The number of methoxy groups -OCH3 is 2. The standard InChI is InChI=1S/C11H12O4S/c1-14-9-5-7-8(16-9)4-3-6(10(7)12)11(13)15-2/h5-6H,3-4H2,1-2H3. The molecule has 4 nitrogen and oxygen atoms in total. The van der Waals surface area contributed by atoms with Gasteiger partial charge >= 0.3 is 5.97 Å². The van der Waals surface area contributed by atoms with Crippen LogP contribution in [0, 0.1) is 5.92 Å². The van der Waals surface area contributed by atoms with Gasteiger partial charge in [0.1, 0.15) is 5.92 Å². The van der Waals surface area contributed by atoms with Gasteiger partial charge in [-0.2, -0.15) is 0 Å². The lowest BCUT2D eigenvalue weighted by Gasteiger charge is -2.17. The summed E-state index contributed by atoms with van der Waals surface area (Å²) in [5.41, 5.74) is 0.614. The van der Waals surface area contributed by atoms with E-state index in [0.717, 1.165) is 11.3 Å². The molecule has 0 bridgehead atoms. The maximum atomic E-state index is 12.0. The fourth-order valence-electron chi connectivity index (χ4n) is 1.86. The first-order valence-corrected chi connectivity index (χ1v) is 5.77. The summed E-state index contributed by atoms with van der Waals surface area (Å²) < 4.78 is 9.71. The summed E-state index contributed by atoms with van der Waals surface area (Å²) in [6.07, 6.45) is 1.26. The average molecular weight is 240 g/mol. The molecule has 1 heterocycles. The minimum absolute atomic E-state index is 0.146. The molecule has 2 rings (SSSR count). The zero-order valence-electron chi connectivity index (χ0n) is 9.11. The summed E-state index contributed by atoms with van der Waals surface area (Å²) in [6, 6.07) is 1.71. The number of ketones is 1. The van der Waals surface area contributed by atoms with Crippen LogP contribution in [0.2, 0.25) is 0 Å². The Kier molecular flexibility index (Phi) is 2.96. The fourth-order valence-corrected chi connectivity index (χ4v) is 2.85. The summed E-state index contributed by atoms with van der Waals surface area (Å²) in [5.74, 6) is -1.23. The lowest BCUT2D eigenvalue weighted by molar-refractivity contribution is -0.143. The molecule has 0 spiro atoms. The molecule has 5 heteroatoms. The van der Waals surface area contributed by atoms with E-state index in [1.807, 2.05) is 0 Å². The summed E-state index contributed by atoms with van der Waals surface area (Å²) in [4.78, 5) is 24.4. The molecule has 0 saturated heterocycles. The van der Waals surface area contributed by atoms with Crippen molar-refractivity contribution in [2.45, 2.75) is 12.8 Å². The van der Waals surface area contributed by atoms with E-state index in [1.165, 1.54) is 18.4 Å². The van der Waals surface area contributed by atoms with Crippen LogP contribution in [0.4, 0.5) is 0 Å². The number of carbonyl (C=O) groups is 2. The molecule has 1 aromatic rings. The molecular formula is C11H12O4S. The molecule has 0 amide bonds. The third-order valence-electron chi connectivity index (χ3n) is 2.72. The highest BCUT2D eigenvalue weighted by molar-refractivity contribution is 7.14. The Bertz CT molecular complexity index is 435. The van der Waals surface area contributed by atoms with Crippen LogP contribution in [-0.2, 0) is 16.0 Å².